The van der Waals surface area contributed by atoms with Crippen LogP contribution >= 0.6 is 0 Å². The number of hydrogen-bond acceptors (Lipinski definition) is 2. The number of halogens is 3. The van der Waals surface area contributed by atoms with Crippen molar-refractivity contribution >= 4 is 5.95 Å². The van der Waals surface area contributed by atoms with Crippen LogP contribution in [0.1, 0.15) is 6.42 Å². The van der Waals surface area contributed by atoms with Crippen molar-refractivity contribution in [3.05, 3.63) is 36.5 Å². The van der Waals surface area contributed by atoms with E-state index in [9.17, 15) is 13.2 Å². The van der Waals surface area contributed by atoms with Gasteiger partial charge in [0.05, 0.1) is 5.69 Å². The minimum Gasteiger partial charge on any atom is -0.344 e. The molecule has 3 rings (SSSR count). The molecule has 1 N–H and O–H groups in total. The summed E-state index contributed by atoms with van der Waals surface area (Å²) in [6.07, 6.45) is -2.42. The highest BCUT2D eigenvalue weighted by Gasteiger charge is 2.41. The molecule has 2 heterocycles. The Balaban J connectivity index is 1.89. The summed E-state index contributed by atoms with van der Waals surface area (Å²) >= 11 is 0. The van der Waals surface area contributed by atoms with E-state index in [-0.39, 0.29) is 12.4 Å². The highest BCUT2D eigenvalue weighted by Crippen LogP contribution is 2.31. The second-order valence-electron chi connectivity index (χ2n) is 4.54. The van der Waals surface area contributed by atoms with Crippen LogP contribution in [0.3, 0.4) is 0 Å². The zero-order valence-corrected chi connectivity index (χ0v) is 9.98. The first kappa shape index (κ1) is 12.1. The Bertz CT molecular complexity index is 575. The molecule has 3 nitrogen and oxygen atoms in total. The molecule has 1 aromatic heterocycles. The third kappa shape index (κ3) is 2.30. The number of imidazole rings is 1. The molecule has 19 heavy (non-hydrogen) atoms. The molecular weight excluding hydrogens is 255 g/mol. The molecule has 0 bridgehead atoms. The summed E-state index contributed by atoms with van der Waals surface area (Å²) in [5, 5.41) is 2.45. The number of fused-ring (bicyclic) bond motifs is 1. The van der Waals surface area contributed by atoms with Crippen LogP contribution < -0.4 is 5.32 Å². The summed E-state index contributed by atoms with van der Waals surface area (Å²) in [6.45, 7) is 0.326. The van der Waals surface area contributed by atoms with E-state index in [0.717, 1.165) is 5.56 Å². The third-order valence-corrected chi connectivity index (χ3v) is 3.20. The van der Waals surface area contributed by atoms with Gasteiger partial charge >= 0.3 is 6.18 Å². The van der Waals surface area contributed by atoms with Gasteiger partial charge in [-0.3, -0.25) is 0 Å². The van der Waals surface area contributed by atoms with Crippen molar-refractivity contribution in [3.8, 4) is 11.3 Å². The maximum Gasteiger partial charge on any atom is 0.408 e. The molecule has 2 aromatic rings. The number of aryl methyl sites for hydroxylation is 1. The van der Waals surface area contributed by atoms with Crippen LogP contribution in [-0.4, -0.2) is 21.8 Å². The number of aromatic nitrogens is 2. The predicted molar refractivity (Wildman–Crippen MR) is 65.7 cm³/mol. The Morgan fingerprint density at radius 3 is 2.63 bits per heavy atom. The largest absolute Gasteiger partial charge is 0.408 e. The van der Waals surface area contributed by atoms with Gasteiger partial charge in [0.15, 0.2) is 0 Å². The van der Waals surface area contributed by atoms with Crippen molar-refractivity contribution in [2.24, 2.45) is 0 Å². The number of nitrogens with zero attached hydrogens (tertiary/aromatic N) is 2. The molecule has 0 radical (unpaired) electrons. The van der Waals surface area contributed by atoms with Gasteiger partial charge in [-0.1, -0.05) is 30.3 Å². The van der Waals surface area contributed by atoms with Crippen LogP contribution in [0.2, 0.25) is 0 Å². The molecule has 0 aliphatic carbocycles. The van der Waals surface area contributed by atoms with E-state index in [1.54, 1.807) is 10.8 Å². The van der Waals surface area contributed by atoms with Gasteiger partial charge in [0, 0.05) is 18.3 Å². The van der Waals surface area contributed by atoms with E-state index in [0.29, 0.717) is 12.2 Å². The van der Waals surface area contributed by atoms with E-state index < -0.39 is 12.2 Å². The molecule has 1 aliphatic heterocycles. The molecule has 1 unspecified atom stereocenters. The average Bonchev–Trinajstić information content (AvgIpc) is 2.81. The van der Waals surface area contributed by atoms with Crippen molar-refractivity contribution in [2.45, 2.75) is 25.2 Å². The number of anilines is 1. The summed E-state index contributed by atoms with van der Waals surface area (Å²) in [4.78, 5) is 4.24. The topological polar surface area (TPSA) is 29.9 Å². The number of alkyl halides is 3. The minimum absolute atomic E-state index is 0.0289. The fraction of sp³-hybridized carbons (Fsp3) is 0.308. The highest BCUT2D eigenvalue weighted by atomic mass is 19.4. The third-order valence-electron chi connectivity index (χ3n) is 3.20. The number of rotatable bonds is 1. The van der Waals surface area contributed by atoms with E-state index in [2.05, 4.69) is 10.3 Å². The molecule has 6 heteroatoms. The van der Waals surface area contributed by atoms with Crippen LogP contribution in [0.25, 0.3) is 11.3 Å². The summed E-state index contributed by atoms with van der Waals surface area (Å²) in [7, 11) is 0. The molecule has 100 valence electrons. The van der Waals surface area contributed by atoms with Crippen LogP contribution in [0.5, 0.6) is 0 Å². The minimum atomic E-state index is -4.23. The lowest BCUT2D eigenvalue weighted by molar-refractivity contribution is -0.145. The number of nitrogens with one attached hydrogen (secondary N) is 1. The Kier molecular flexibility index (Phi) is 2.73. The normalized spacial score (nSPS) is 18.8. The van der Waals surface area contributed by atoms with Gasteiger partial charge in [0.25, 0.3) is 0 Å². The SMILES string of the molecule is FC(F)(F)C1CCn2cc(-c3ccccc3)nc2N1. The van der Waals surface area contributed by atoms with Gasteiger partial charge in [-0.25, -0.2) is 4.98 Å². The van der Waals surface area contributed by atoms with Crippen molar-refractivity contribution in [3.63, 3.8) is 0 Å². The molecule has 0 spiro atoms. The fourth-order valence-corrected chi connectivity index (χ4v) is 2.19. The van der Waals surface area contributed by atoms with Crippen molar-refractivity contribution in [1.29, 1.82) is 0 Å². The summed E-state index contributed by atoms with van der Waals surface area (Å²) < 4.78 is 39.7. The Labute approximate surface area is 108 Å². The summed E-state index contributed by atoms with van der Waals surface area (Å²) in [6, 6.07) is 7.90. The molecule has 0 saturated carbocycles. The molecule has 1 aromatic carbocycles. The van der Waals surface area contributed by atoms with Crippen LogP contribution in [0.4, 0.5) is 19.1 Å². The van der Waals surface area contributed by atoms with E-state index in [4.69, 9.17) is 0 Å². The van der Waals surface area contributed by atoms with Crippen LogP contribution in [0, 0.1) is 0 Å². The molecule has 1 atom stereocenters. The van der Waals surface area contributed by atoms with Gasteiger partial charge in [-0.05, 0) is 6.42 Å². The van der Waals surface area contributed by atoms with E-state index >= 15 is 0 Å². The molecule has 0 saturated heterocycles. The zero-order chi connectivity index (χ0) is 13.5. The number of benzene rings is 1. The van der Waals surface area contributed by atoms with Gasteiger partial charge in [-0.2, -0.15) is 13.2 Å². The smallest absolute Gasteiger partial charge is 0.344 e. The predicted octanol–water partition coefficient (Wildman–Crippen LogP) is 3.30. The maximum absolute atomic E-state index is 12.7. The first-order valence-corrected chi connectivity index (χ1v) is 6.00. The van der Waals surface area contributed by atoms with Gasteiger partial charge in [0.1, 0.15) is 6.04 Å². The van der Waals surface area contributed by atoms with Crippen molar-refractivity contribution < 1.29 is 13.2 Å². The molecular formula is C13H12F3N3. The second-order valence-corrected chi connectivity index (χ2v) is 4.54. The Hall–Kier alpha value is -1.98. The highest BCUT2D eigenvalue weighted by molar-refractivity contribution is 5.60. The Morgan fingerprint density at radius 2 is 1.95 bits per heavy atom. The van der Waals surface area contributed by atoms with Gasteiger partial charge < -0.3 is 9.88 Å². The van der Waals surface area contributed by atoms with Crippen molar-refractivity contribution in [2.75, 3.05) is 5.32 Å². The van der Waals surface area contributed by atoms with Crippen molar-refractivity contribution in [1.82, 2.24) is 9.55 Å². The zero-order valence-electron chi connectivity index (χ0n) is 9.98. The Morgan fingerprint density at radius 1 is 1.21 bits per heavy atom. The number of hydrogen-bond donors (Lipinski definition) is 1. The average molecular weight is 267 g/mol. The molecule has 1 aliphatic rings. The van der Waals surface area contributed by atoms with Gasteiger partial charge in [0.2, 0.25) is 5.95 Å². The lowest BCUT2D eigenvalue weighted by atomic mass is 10.1. The maximum atomic E-state index is 12.7. The summed E-state index contributed by atoms with van der Waals surface area (Å²) in [5.74, 6) is 0.285. The molecule has 0 fully saturated rings. The lowest BCUT2D eigenvalue weighted by Crippen LogP contribution is -2.40. The van der Waals surface area contributed by atoms with Gasteiger partial charge in [-0.15, -0.1) is 0 Å². The monoisotopic (exact) mass is 267 g/mol. The summed E-state index contributed by atoms with van der Waals surface area (Å²) in [5.41, 5.74) is 1.58. The fourth-order valence-electron chi connectivity index (χ4n) is 2.19. The first-order valence-electron chi connectivity index (χ1n) is 6.00. The first-order chi connectivity index (χ1) is 9.04. The second kappa shape index (κ2) is 4.29. The lowest BCUT2D eigenvalue weighted by Gasteiger charge is -2.26. The van der Waals surface area contributed by atoms with Crippen LogP contribution in [-0.2, 0) is 6.54 Å². The standard InChI is InChI=1S/C13H12F3N3/c14-13(15,16)11-6-7-19-8-10(17-12(19)18-11)9-4-2-1-3-5-9/h1-5,8,11H,6-7H2,(H,17,18). The quantitative estimate of drug-likeness (QED) is 0.859. The van der Waals surface area contributed by atoms with Crippen LogP contribution in [0.15, 0.2) is 36.5 Å². The van der Waals surface area contributed by atoms with E-state index in [1.165, 1.54) is 0 Å². The van der Waals surface area contributed by atoms with E-state index in [1.807, 2.05) is 30.3 Å². The molecule has 0 amide bonds.